The Morgan fingerprint density at radius 1 is 1.53 bits per heavy atom. The van der Waals surface area contributed by atoms with Crippen molar-refractivity contribution in [1.82, 2.24) is 10.4 Å². The first-order valence-electron chi connectivity index (χ1n) is 5.89. The highest BCUT2D eigenvalue weighted by Gasteiger charge is 2.35. The molecule has 1 aromatic rings. The number of anilines is 1. The molecule has 5 N–H and O–H groups in total. The number of nitrogens with zero attached hydrogens (tertiary/aromatic N) is 1. The minimum absolute atomic E-state index is 0.179. The second kappa shape index (κ2) is 5.95. The van der Waals surface area contributed by atoms with Gasteiger partial charge < -0.3 is 10.5 Å². The third-order valence-electron chi connectivity index (χ3n) is 3.14. The summed E-state index contributed by atoms with van der Waals surface area (Å²) >= 11 is 0. The molecule has 0 radical (unpaired) electrons. The topological polar surface area (TPSA) is 86.2 Å². The van der Waals surface area contributed by atoms with E-state index in [2.05, 4.69) is 17.3 Å². The lowest BCUT2D eigenvalue weighted by Gasteiger charge is -2.36. The summed E-state index contributed by atoms with van der Waals surface area (Å²) < 4.78 is 5.82. The monoisotopic (exact) mass is 238 g/mol. The Balaban J connectivity index is 3.09. The lowest BCUT2D eigenvalue weighted by atomic mass is 9.88. The molecule has 0 aliphatic heterocycles. The molecule has 1 rings (SSSR count). The Morgan fingerprint density at radius 2 is 2.24 bits per heavy atom. The van der Waals surface area contributed by atoms with Gasteiger partial charge in [-0.3, -0.25) is 5.84 Å². The fourth-order valence-electron chi connectivity index (χ4n) is 1.99. The summed E-state index contributed by atoms with van der Waals surface area (Å²) in [4.78, 5) is 4.08. The Hall–Kier alpha value is -1.17. The van der Waals surface area contributed by atoms with Crippen molar-refractivity contribution in [2.75, 3.05) is 12.3 Å². The molecule has 0 bridgehead atoms. The molecule has 0 aliphatic rings. The summed E-state index contributed by atoms with van der Waals surface area (Å²) in [7, 11) is 0. The van der Waals surface area contributed by atoms with Crippen LogP contribution in [0.4, 0.5) is 5.82 Å². The largest absolute Gasteiger partial charge is 0.383 e. The predicted molar refractivity (Wildman–Crippen MR) is 69.0 cm³/mol. The molecule has 0 saturated heterocycles. The molecule has 96 valence electrons. The van der Waals surface area contributed by atoms with Crippen molar-refractivity contribution in [3.63, 3.8) is 0 Å². The SMILES string of the molecule is CCOC(C)(CC)C(NN)c1cccnc1N. The van der Waals surface area contributed by atoms with E-state index in [9.17, 15) is 0 Å². The van der Waals surface area contributed by atoms with Gasteiger partial charge in [0.05, 0.1) is 11.6 Å². The van der Waals surface area contributed by atoms with E-state index in [-0.39, 0.29) is 6.04 Å². The molecule has 1 heterocycles. The number of rotatable bonds is 6. The van der Waals surface area contributed by atoms with E-state index in [1.54, 1.807) is 6.20 Å². The highest BCUT2D eigenvalue weighted by molar-refractivity contribution is 5.42. The van der Waals surface area contributed by atoms with Crippen molar-refractivity contribution in [2.45, 2.75) is 38.8 Å². The van der Waals surface area contributed by atoms with Crippen LogP contribution in [0.1, 0.15) is 38.8 Å². The molecule has 0 amide bonds. The highest BCUT2D eigenvalue weighted by atomic mass is 16.5. The van der Waals surface area contributed by atoms with E-state index in [0.29, 0.717) is 12.4 Å². The molecule has 17 heavy (non-hydrogen) atoms. The summed E-state index contributed by atoms with van der Waals surface area (Å²) in [5.74, 6) is 6.13. The van der Waals surface area contributed by atoms with Crippen LogP contribution in [0.3, 0.4) is 0 Å². The minimum atomic E-state index is -0.402. The van der Waals surface area contributed by atoms with Gasteiger partial charge in [0.1, 0.15) is 5.82 Å². The second-order valence-corrected chi connectivity index (χ2v) is 4.18. The van der Waals surface area contributed by atoms with Crippen molar-refractivity contribution in [1.29, 1.82) is 0 Å². The molecular weight excluding hydrogens is 216 g/mol. The number of aromatic nitrogens is 1. The standard InChI is InChI=1S/C12H22N4O/c1-4-12(3,17-5-2)10(16-14)9-7-6-8-15-11(9)13/h6-8,10,16H,4-5,14H2,1-3H3,(H2,13,15). The molecule has 0 saturated carbocycles. The average molecular weight is 238 g/mol. The van der Waals surface area contributed by atoms with E-state index >= 15 is 0 Å². The number of nitrogens with two attached hydrogens (primary N) is 2. The molecule has 2 atom stereocenters. The summed E-state index contributed by atoms with van der Waals surface area (Å²) in [5, 5.41) is 0. The van der Waals surface area contributed by atoms with E-state index in [1.165, 1.54) is 0 Å². The molecule has 0 fully saturated rings. The Kier molecular flexibility index (Phi) is 4.86. The second-order valence-electron chi connectivity index (χ2n) is 4.18. The molecule has 0 aliphatic carbocycles. The lowest BCUT2D eigenvalue weighted by molar-refractivity contribution is -0.0563. The van der Waals surface area contributed by atoms with Crippen LogP contribution >= 0.6 is 0 Å². The third kappa shape index (κ3) is 2.94. The van der Waals surface area contributed by atoms with Crippen LogP contribution < -0.4 is 17.0 Å². The van der Waals surface area contributed by atoms with Gasteiger partial charge >= 0.3 is 0 Å². The molecule has 0 spiro atoms. The number of hydrogen-bond acceptors (Lipinski definition) is 5. The molecule has 0 aromatic carbocycles. The van der Waals surface area contributed by atoms with Gasteiger partial charge in [0.2, 0.25) is 0 Å². The van der Waals surface area contributed by atoms with Crippen molar-refractivity contribution < 1.29 is 4.74 Å². The quantitative estimate of drug-likeness (QED) is 0.515. The van der Waals surface area contributed by atoms with Crippen molar-refractivity contribution in [2.24, 2.45) is 5.84 Å². The van der Waals surface area contributed by atoms with Gasteiger partial charge in [0, 0.05) is 18.4 Å². The number of ether oxygens (including phenoxy) is 1. The number of nitrogen functional groups attached to an aromatic ring is 1. The van der Waals surface area contributed by atoms with Crippen LogP contribution in [-0.2, 0) is 4.74 Å². The third-order valence-corrected chi connectivity index (χ3v) is 3.14. The van der Waals surface area contributed by atoms with Gasteiger partial charge in [-0.05, 0) is 26.3 Å². The first-order valence-corrected chi connectivity index (χ1v) is 5.89. The van der Waals surface area contributed by atoms with Crippen molar-refractivity contribution in [3.8, 4) is 0 Å². The normalized spacial score (nSPS) is 16.5. The molecule has 5 nitrogen and oxygen atoms in total. The van der Waals surface area contributed by atoms with Gasteiger partial charge in [-0.25, -0.2) is 10.4 Å². The summed E-state index contributed by atoms with van der Waals surface area (Å²) in [6.07, 6.45) is 2.49. The van der Waals surface area contributed by atoms with E-state index < -0.39 is 5.60 Å². The maximum Gasteiger partial charge on any atom is 0.128 e. The zero-order valence-electron chi connectivity index (χ0n) is 10.7. The number of pyridine rings is 1. The maximum absolute atomic E-state index is 5.88. The summed E-state index contributed by atoms with van der Waals surface area (Å²) in [5.41, 5.74) is 9.14. The summed E-state index contributed by atoms with van der Waals surface area (Å²) in [6, 6.07) is 3.58. The van der Waals surface area contributed by atoms with Gasteiger partial charge in [-0.2, -0.15) is 0 Å². The smallest absolute Gasteiger partial charge is 0.128 e. The van der Waals surface area contributed by atoms with E-state index in [1.807, 2.05) is 26.0 Å². The predicted octanol–water partition coefficient (Wildman–Crippen LogP) is 1.37. The van der Waals surface area contributed by atoms with Gasteiger partial charge in [0.15, 0.2) is 0 Å². The van der Waals surface area contributed by atoms with Crippen LogP contribution in [0.25, 0.3) is 0 Å². The highest BCUT2D eigenvalue weighted by Crippen LogP contribution is 2.33. The molecule has 5 heteroatoms. The van der Waals surface area contributed by atoms with Crippen LogP contribution in [0.5, 0.6) is 0 Å². The lowest BCUT2D eigenvalue weighted by Crippen LogP contribution is -2.46. The number of hydrazine groups is 1. The van der Waals surface area contributed by atoms with E-state index in [4.69, 9.17) is 16.3 Å². The molecule has 2 unspecified atom stereocenters. The average Bonchev–Trinajstić information content (AvgIpc) is 2.33. The van der Waals surface area contributed by atoms with Gasteiger partial charge in [-0.15, -0.1) is 0 Å². The Labute approximate surface area is 103 Å². The van der Waals surface area contributed by atoms with Crippen LogP contribution in [0, 0.1) is 0 Å². The zero-order chi connectivity index (χ0) is 12.9. The van der Waals surface area contributed by atoms with Crippen molar-refractivity contribution in [3.05, 3.63) is 23.9 Å². The van der Waals surface area contributed by atoms with Crippen LogP contribution in [0.15, 0.2) is 18.3 Å². The van der Waals surface area contributed by atoms with Crippen LogP contribution in [-0.4, -0.2) is 17.2 Å². The van der Waals surface area contributed by atoms with Crippen molar-refractivity contribution >= 4 is 5.82 Å². The minimum Gasteiger partial charge on any atom is -0.383 e. The number of nitrogens with one attached hydrogen (secondary N) is 1. The summed E-state index contributed by atoms with van der Waals surface area (Å²) in [6.45, 7) is 6.68. The molecular formula is C12H22N4O. The van der Waals surface area contributed by atoms with Crippen LogP contribution in [0.2, 0.25) is 0 Å². The maximum atomic E-state index is 5.88. The fourth-order valence-corrected chi connectivity index (χ4v) is 1.99. The Morgan fingerprint density at radius 3 is 2.71 bits per heavy atom. The fraction of sp³-hybridized carbons (Fsp3) is 0.583. The van der Waals surface area contributed by atoms with E-state index in [0.717, 1.165) is 12.0 Å². The first kappa shape index (κ1) is 13.9. The zero-order valence-corrected chi connectivity index (χ0v) is 10.7. The first-order chi connectivity index (χ1) is 8.09. The molecule has 1 aromatic heterocycles. The Bertz CT molecular complexity index is 358. The van der Waals surface area contributed by atoms with Gasteiger partial charge in [0.25, 0.3) is 0 Å². The van der Waals surface area contributed by atoms with Gasteiger partial charge in [-0.1, -0.05) is 13.0 Å². The number of hydrogen-bond donors (Lipinski definition) is 3.